The largest absolute Gasteiger partial charge is 0.444 e. The second-order valence-electron chi connectivity index (χ2n) is 7.24. The molecule has 0 aromatic carbocycles. The summed E-state index contributed by atoms with van der Waals surface area (Å²) in [5.74, 6) is 0. The summed E-state index contributed by atoms with van der Waals surface area (Å²) in [6.07, 6.45) is 4.24. The van der Waals surface area contributed by atoms with Gasteiger partial charge in [0.1, 0.15) is 5.60 Å². The van der Waals surface area contributed by atoms with Gasteiger partial charge in [-0.05, 0) is 32.6 Å². The molecule has 0 bridgehead atoms. The maximum atomic E-state index is 11.6. The van der Waals surface area contributed by atoms with Crippen LogP contribution in [0, 0.1) is 5.41 Å². The van der Waals surface area contributed by atoms with Gasteiger partial charge >= 0.3 is 6.09 Å². The van der Waals surface area contributed by atoms with Crippen LogP contribution < -0.4 is 5.32 Å². The second-order valence-corrected chi connectivity index (χ2v) is 7.24. The molecule has 1 aromatic rings. The van der Waals surface area contributed by atoms with Crippen molar-refractivity contribution in [1.82, 2.24) is 14.9 Å². The number of carbonyl (C=O) groups is 1. The van der Waals surface area contributed by atoms with E-state index in [9.17, 15) is 4.79 Å². The molecule has 0 aliphatic carbocycles. The summed E-state index contributed by atoms with van der Waals surface area (Å²) in [5.41, 5.74) is 0.788. The molecule has 5 nitrogen and oxygen atoms in total. The highest BCUT2D eigenvalue weighted by atomic mass is 16.6. The highest BCUT2D eigenvalue weighted by Crippen LogP contribution is 2.19. The predicted octanol–water partition coefficient (Wildman–Crippen LogP) is 3.34. The first-order valence-corrected chi connectivity index (χ1v) is 7.03. The summed E-state index contributed by atoms with van der Waals surface area (Å²) in [7, 11) is 0. The summed E-state index contributed by atoms with van der Waals surface area (Å²) < 4.78 is 7.28. The number of hydrogen-bond donors (Lipinski definition) is 1. The number of amides is 1. The van der Waals surface area contributed by atoms with Gasteiger partial charge < -0.3 is 14.6 Å². The van der Waals surface area contributed by atoms with Crippen molar-refractivity contribution in [2.75, 3.05) is 0 Å². The van der Waals surface area contributed by atoms with Crippen LogP contribution >= 0.6 is 0 Å². The molecule has 0 fully saturated rings. The minimum Gasteiger partial charge on any atom is -0.444 e. The van der Waals surface area contributed by atoms with Gasteiger partial charge in [-0.2, -0.15) is 0 Å². The summed E-state index contributed by atoms with van der Waals surface area (Å²) in [5, 5.41) is 2.76. The number of ether oxygens (including phenoxy) is 1. The Balaban J connectivity index is 2.49. The first kappa shape index (κ1) is 16.5. The lowest BCUT2D eigenvalue weighted by Gasteiger charge is -2.21. The molecule has 0 aliphatic heterocycles. The minimum atomic E-state index is -0.476. The zero-order valence-corrected chi connectivity index (χ0v) is 13.5. The van der Waals surface area contributed by atoms with Gasteiger partial charge in [-0.3, -0.25) is 0 Å². The molecule has 1 aromatic heterocycles. The average molecular weight is 281 g/mol. The second kappa shape index (κ2) is 6.29. The van der Waals surface area contributed by atoms with Crippen LogP contribution in [0.15, 0.2) is 12.5 Å². The molecule has 5 heteroatoms. The third-order valence-corrected chi connectivity index (χ3v) is 2.71. The topological polar surface area (TPSA) is 56.2 Å². The Kier molecular flexibility index (Phi) is 5.20. The quantitative estimate of drug-likeness (QED) is 0.920. The number of hydrogen-bond acceptors (Lipinski definition) is 3. The molecule has 1 amide bonds. The monoisotopic (exact) mass is 281 g/mol. The van der Waals surface area contributed by atoms with Crippen LogP contribution in [0.1, 0.15) is 53.7 Å². The van der Waals surface area contributed by atoms with E-state index in [0.717, 1.165) is 18.7 Å². The summed E-state index contributed by atoms with van der Waals surface area (Å²) in [6, 6.07) is 0. The Bertz CT molecular complexity index is 439. The van der Waals surface area contributed by atoms with Crippen LogP contribution in [0.25, 0.3) is 0 Å². The summed E-state index contributed by atoms with van der Waals surface area (Å²) in [4.78, 5) is 15.8. The fourth-order valence-electron chi connectivity index (χ4n) is 1.63. The van der Waals surface area contributed by atoms with E-state index >= 15 is 0 Å². The number of rotatable bonds is 4. The van der Waals surface area contributed by atoms with Gasteiger partial charge in [0.05, 0.1) is 18.6 Å². The van der Waals surface area contributed by atoms with Crippen LogP contribution in [0.4, 0.5) is 4.79 Å². The molecule has 0 saturated heterocycles. The molecule has 114 valence electrons. The molecule has 1 N–H and O–H groups in total. The first-order valence-electron chi connectivity index (χ1n) is 7.03. The van der Waals surface area contributed by atoms with Crippen molar-refractivity contribution in [3.8, 4) is 0 Å². The third kappa shape index (κ3) is 6.59. The number of nitrogens with zero attached hydrogens (tertiary/aromatic N) is 2. The molecule has 0 aliphatic rings. The van der Waals surface area contributed by atoms with Gasteiger partial charge in [-0.25, -0.2) is 9.78 Å². The molecule has 0 atom stereocenters. The standard InChI is InChI=1S/C15H27N3O2/c1-14(2,3)7-8-18-11-16-9-12(18)10-17-13(19)20-15(4,5)6/h9,11H,7-8,10H2,1-6H3,(H,17,19). The Morgan fingerprint density at radius 2 is 1.95 bits per heavy atom. The van der Waals surface area contributed by atoms with E-state index in [2.05, 4.69) is 35.6 Å². The van der Waals surface area contributed by atoms with Gasteiger partial charge in [-0.15, -0.1) is 0 Å². The van der Waals surface area contributed by atoms with Crippen LogP contribution in [-0.2, 0) is 17.8 Å². The Hall–Kier alpha value is -1.52. The summed E-state index contributed by atoms with van der Waals surface area (Å²) in [6.45, 7) is 13.5. The van der Waals surface area contributed by atoms with E-state index in [0.29, 0.717) is 6.54 Å². The van der Waals surface area contributed by atoms with Gasteiger partial charge in [-0.1, -0.05) is 20.8 Å². The average Bonchev–Trinajstić information content (AvgIpc) is 2.67. The number of aromatic nitrogens is 2. The van der Waals surface area contributed by atoms with E-state index in [1.165, 1.54) is 0 Å². The molecular weight excluding hydrogens is 254 g/mol. The lowest BCUT2D eigenvalue weighted by molar-refractivity contribution is 0.0522. The van der Waals surface area contributed by atoms with Crippen molar-refractivity contribution < 1.29 is 9.53 Å². The number of carbonyl (C=O) groups excluding carboxylic acids is 1. The molecule has 0 saturated carbocycles. The maximum absolute atomic E-state index is 11.6. The van der Waals surface area contributed by atoms with Crippen LogP contribution in [0.3, 0.4) is 0 Å². The lowest BCUT2D eigenvalue weighted by atomic mass is 9.92. The molecule has 0 radical (unpaired) electrons. The molecule has 1 heterocycles. The fraction of sp³-hybridized carbons (Fsp3) is 0.733. The summed E-state index contributed by atoms with van der Waals surface area (Å²) >= 11 is 0. The van der Waals surface area contributed by atoms with E-state index in [-0.39, 0.29) is 5.41 Å². The van der Waals surface area contributed by atoms with Crippen molar-refractivity contribution in [3.05, 3.63) is 18.2 Å². The van der Waals surface area contributed by atoms with E-state index < -0.39 is 11.7 Å². The highest BCUT2D eigenvalue weighted by molar-refractivity contribution is 5.67. The molecule has 1 rings (SSSR count). The van der Waals surface area contributed by atoms with E-state index in [1.54, 1.807) is 12.5 Å². The number of alkyl carbamates (subject to hydrolysis) is 1. The van der Waals surface area contributed by atoms with Gasteiger partial charge in [0, 0.05) is 12.7 Å². The van der Waals surface area contributed by atoms with Crippen LogP contribution in [-0.4, -0.2) is 21.2 Å². The Labute approximate surface area is 121 Å². The third-order valence-electron chi connectivity index (χ3n) is 2.71. The molecule has 0 unspecified atom stereocenters. The predicted molar refractivity (Wildman–Crippen MR) is 79.4 cm³/mol. The van der Waals surface area contributed by atoms with Crippen molar-refractivity contribution in [2.24, 2.45) is 5.41 Å². The Morgan fingerprint density at radius 1 is 1.30 bits per heavy atom. The number of imidazole rings is 1. The zero-order chi connectivity index (χ0) is 15.4. The normalized spacial score (nSPS) is 12.3. The van der Waals surface area contributed by atoms with E-state index in [4.69, 9.17) is 4.74 Å². The fourth-order valence-corrected chi connectivity index (χ4v) is 1.63. The van der Waals surface area contributed by atoms with Gasteiger partial charge in [0.2, 0.25) is 0 Å². The van der Waals surface area contributed by atoms with Crippen molar-refractivity contribution in [2.45, 2.75) is 66.7 Å². The number of aryl methyl sites for hydroxylation is 1. The van der Waals surface area contributed by atoms with Gasteiger partial charge in [0.25, 0.3) is 0 Å². The zero-order valence-electron chi connectivity index (χ0n) is 13.5. The Morgan fingerprint density at radius 3 is 2.50 bits per heavy atom. The molecule has 0 spiro atoms. The number of nitrogens with one attached hydrogen (secondary N) is 1. The lowest BCUT2D eigenvalue weighted by Crippen LogP contribution is -2.32. The van der Waals surface area contributed by atoms with Crippen molar-refractivity contribution in [3.63, 3.8) is 0 Å². The molecular formula is C15H27N3O2. The minimum absolute atomic E-state index is 0.278. The first-order chi connectivity index (χ1) is 9.07. The maximum Gasteiger partial charge on any atom is 0.407 e. The van der Waals surface area contributed by atoms with Crippen LogP contribution in [0.2, 0.25) is 0 Å². The smallest absolute Gasteiger partial charge is 0.407 e. The van der Waals surface area contributed by atoms with Crippen LogP contribution in [0.5, 0.6) is 0 Å². The highest BCUT2D eigenvalue weighted by Gasteiger charge is 2.16. The van der Waals surface area contributed by atoms with E-state index in [1.807, 2.05) is 20.8 Å². The molecule has 20 heavy (non-hydrogen) atoms. The SMILES string of the molecule is CC(C)(C)CCn1cncc1CNC(=O)OC(C)(C)C. The van der Waals surface area contributed by atoms with Gasteiger partial charge in [0.15, 0.2) is 0 Å². The van der Waals surface area contributed by atoms with Crippen molar-refractivity contribution >= 4 is 6.09 Å². The van der Waals surface area contributed by atoms with Crippen molar-refractivity contribution in [1.29, 1.82) is 0 Å².